The normalized spacial score (nSPS) is 28.7. The molecule has 2 aliphatic heterocycles. The van der Waals surface area contributed by atoms with Crippen molar-refractivity contribution in [3.8, 4) is 0 Å². The van der Waals surface area contributed by atoms with Crippen LogP contribution in [0.4, 0.5) is 0 Å². The van der Waals surface area contributed by atoms with Gasteiger partial charge in [0.05, 0.1) is 5.92 Å². The summed E-state index contributed by atoms with van der Waals surface area (Å²) in [4.78, 5) is 18.0. The summed E-state index contributed by atoms with van der Waals surface area (Å²) in [7, 11) is 2.25. The van der Waals surface area contributed by atoms with E-state index in [-0.39, 0.29) is 11.8 Å². The topological polar surface area (TPSA) is 35.6 Å². The molecule has 148 valence electrons. The van der Waals surface area contributed by atoms with Crippen LogP contribution in [0.15, 0.2) is 30.3 Å². The first-order valence-electron chi connectivity index (χ1n) is 11.0. The van der Waals surface area contributed by atoms with E-state index in [9.17, 15) is 4.79 Å². The summed E-state index contributed by atoms with van der Waals surface area (Å²) in [5.41, 5.74) is 1.37. The maximum atomic E-state index is 12.9. The van der Waals surface area contributed by atoms with Crippen LogP contribution < -0.4 is 5.32 Å². The van der Waals surface area contributed by atoms with E-state index < -0.39 is 0 Å². The number of hydrogen-bond donors (Lipinski definition) is 1. The second-order valence-corrected chi connectivity index (χ2v) is 8.78. The highest BCUT2D eigenvalue weighted by Gasteiger charge is 2.46. The van der Waals surface area contributed by atoms with Crippen molar-refractivity contribution in [3.63, 3.8) is 0 Å². The van der Waals surface area contributed by atoms with Gasteiger partial charge >= 0.3 is 0 Å². The average Bonchev–Trinajstić information content (AvgIpc) is 3.43. The molecule has 3 atom stereocenters. The molecule has 0 radical (unpaired) electrons. The average molecular weight is 370 g/mol. The van der Waals surface area contributed by atoms with Gasteiger partial charge in [-0.2, -0.15) is 0 Å². The van der Waals surface area contributed by atoms with Crippen molar-refractivity contribution >= 4 is 5.91 Å². The molecule has 27 heavy (non-hydrogen) atoms. The molecule has 2 heterocycles. The summed E-state index contributed by atoms with van der Waals surface area (Å²) < 4.78 is 0. The third-order valence-electron chi connectivity index (χ3n) is 7.14. The summed E-state index contributed by atoms with van der Waals surface area (Å²) in [6.45, 7) is 3.05. The molecule has 1 aromatic rings. The van der Waals surface area contributed by atoms with Gasteiger partial charge in [-0.25, -0.2) is 0 Å². The minimum absolute atomic E-state index is 0.158. The van der Waals surface area contributed by atoms with Gasteiger partial charge in [0.25, 0.3) is 0 Å². The fraction of sp³-hybridized carbons (Fsp3) is 0.696. The number of amides is 1. The van der Waals surface area contributed by atoms with Gasteiger partial charge in [0.1, 0.15) is 0 Å². The van der Waals surface area contributed by atoms with E-state index in [0.717, 1.165) is 38.5 Å². The zero-order valence-corrected chi connectivity index (χ0v) is 16.8. The predicted molar refractivity (Wildman–Crippen MR) is 110 cm³/mol. The lowest BCUT2D eigenvalue weighted by Crippen LogP contribution is -2.39. The smallest absolute Gasteiger partial charge is 0.224 e. The first-order chi connectivity index (χ1) is 13.2. The molecular formula is C23H35N3O. The molecule has 0 bridgehead atoms. The summed E-state index contributed by atoms with van der Waals surface area (Å²) in [5.74, 6) is 0.444. The molecule has 4 rings (SSSR count). The second kappa shape index (κ2) is 8.74. The lowest BCUT2D eigenvalue weighted by molar-refractivity contribution is -0.125. The van der Waals surface area contributed by atoms with Crippen LogP contribution in [0.1, 0.15) is 63.0 Å². The molecular weight excluding hydrogens is 334 g/mol. The van der Waals surface area contributed by atoms with Crippen molar-refractivity contribution in [3.05, 3.63) is 35.9 Å². The van der Waals surface area contributed by atoms with E-state index in [1.54, 1.807) is 0 Å². The van der Waals surface area contributed by atoms with Crippen LogP contribution in [0.25, 0.3) is 0 Å². The quantitative estimate of drug-likeness (QED) is 0.746. The van der Waals surface area contributed by atoms with Gasteiger partial charge in [0.2, 0.25) is 5.91 Å². The number of nitrogens with zero attached hydrogens (tertiary/aromatic N) is 2. The standard InChI is InChI=1S/C23H35N3O/c1-25(19-11-5-6-12-19)15-8-14-24-23(27)20-17-22(18-9-3-2-4-10-18)26-16-7-13-21(20)26/h2-4,9-10,19-22H,5-8,11-17H2,1H3,(H,24,27)/t20-,21+,22-/m0/s1. The lowest BCUT2D eigenvalue weighted by atomic mass is 9.93. The maximum absolute atomic E-state index is 12.9. The molecule has 4 nitrogen and oxygen atoms in total. The fourth-order valence-electron chi connectivity index (χ4n) is 5.65. The van der Waals surface area contributed by atoms with Gasteiger partial charge in [-0.3, -0.25) is 9.69 Å². The summed E-state index contributed by atoms with van der Waals surface area (Å²) >= 11 is 0. The molecule has 1 N–H and O–H groups in total. The third kappa shape index (κ3) is 4.22. The molecule has 0 unspecified atom stereocenters. The van der Waals surface area contributed by atoms with Crippen molar-refractivity contribution in [2.75, 3.05) is 26.7 Å². The Morgan fingerprint density at radius 2 is 1.93 bits per heavy atom. The minimum Gasteiger partial charge on any atom is -0.356 e. The Labute approximate surface area is 164 Å². The number of nitrogens with one attached hydrogen (secondary N) is 1. The molecule has 1 aromatic carbocycles. The number of carbonyl (C=O) groups is 1. The Morgan fingerprint density at radius 1 is 1.15 bits per heavy atom. The lowest BCUT2D eigenvalue weighted by Gasteiger charge is -2.25. The molecule has 3 fully saturated rings. The Bertz CT molecular complexity index is 613. The predicted octanol–water partition coefficient (Wildman–Crippen LogP) is 3.59. The summed E-state index contributed by atoms with van der Waals surface area (Å²) in [6, 6.07) is 12.4. The van der Waals surface area contributed by atoms with Crippen molar-refractivity contribution in [2.45, 2.75) is 69.5 Å². The van der Waals surface area contributed by atoms with E-state index in [1.807, 2.05) is 0 Å². The number of hydrogen-bond acceptors (Lipinski definition) is 3. The monoisotopic (exact) mass is 369 g/mol. The SMILES string of the molecule is CN(CCCNC(=O)[C@H]1C[C@@H](c2ccccc2)N2CCC[C@H]12)C1CCCC1. The van der Waals surface area contributed by atoms with Crippen LogP contribution in [-0.4, -0.2) is 54.5 Å². The van der Waals surface area contributed by atoms with E-state index in [4.69, 9.17) is 0 Å². The van der Waals surface area contributed by atoms with Crippen molar-refractivity contribution in [2.24, 2.45) is 5.92 Å². The van der Waals surface area contributed by atoms with Crippen LogP contribution in [0, 0.1) is 5.92 Å². The van der Waals surface area contributed by atoms with Crippen molar-refractivity contribution < 1.29 is 4.79 Å². The summed E-state index contributed by atoms with van der Waals surface area (Å²) in [6.07, 6.45) is 9.90. The van der Waals surface area contributed by atoms with Gasteiger partial charge in [-0.15, -0.1) is 0 Å². The van der Waals surface area contributed by atoms with Gasteiger partial charge in [0, 0.05) is 24.7 Å². The van der Waals surface area contributed by atoms with Gasteiger partial charge in [-0.05, 0) is 64.2 Å². The molecule has 4 heteroatoms. The van der Waals surface area contributed by atoms with Crippen LogP contribution in [-0.2, 0) is 4.79 Å². The maximum Gasteiger partial charge on any atom is 0.224 e. The van der Waals surface area contributed by atoms with Crippen LogP contribution >= 0.6 is 0 Å². The van der Waals surface area contributed by atoms with Crippen LogP contribution in [0.5, 0.6) is 0 Å². The van der Waals surface area contributed by atoms with Gasteiger partial charge in [0.15, 0.2) is 0 Å². The Hall–Kier alpha value is -1.39. The minimum atomic E-state index is 0.158. The van der Waals surface area contributed by atoms with Crippen molar-refractivity contribution in [1.29, 1.82) is 0 Å². The molecule has 1 amide bonds. The highest BCUT2D eigenvalue weighted by Crippen LogP contribution is 2.44. The highest BCUT2D eigenvalue weighted by atomic mass is 16.2. The van der Waals surface area contributed by atoms with Crippen LogP contribution in [0.2, 0.25) is 0 Å². The fourth-order valence-corrected chi connectivity index (χ4v) is 5.65. The molecule has 1 aliphatic carbocycles. The number of benzene rings is 1. The zero-order valence-electron chi connectivity index (χ0n) is 16.8. The Balaban J connectivity index is 1.27. The van der Waals surface area contributed by atoms with E-state index in [0.29, 0.717) is 12.1 Å². The van der Waals surface area contributed by atoms with E-state index in [2.05, 4.69) is 52.5 Å². The third-order valence-corrected chi connectivity index (χ3v) is 7.14. The molecule has 0 spiro atoms. The second-order valence-electron chi connectivity index (χ2n) is 8.78. The Kier molecular flexibility index (Phi) is 6.14. The van der Waals surface area contributed by atoms with Gasteiger partial charge in [-0.1, -0.05) is 43.2 Å². The molecule has 0 aromatic heterocycles. The first-order valence-corrected chi connectivity index (χ1v) is 11.0. The molecule has 2 saturated heterocycles. The van der Waals surface area contributed by atoms with Crippen molar-refractivity contribution in [1.82, 2.24) is 15.1 Å². The molecule has 3 aliphatic rings. The summed E-state index contributed by atoms with van der Waals surface area (Å²) in [5, 5.41) is 3.26. The largest absolute Gasteiger partial charge is 0.356 e. The Morgan fingerprint density at radius 3 is 2.70 bits per heavy atom. The van der Waals surface area contributed by atoms with Crippen LogP contribution in [0.3, 0.4) is 0 Å². The van der Waals surface area contributed by atoms with E-state index >= 15 is 0 Å². The highest BCUT2D eigenvalue weighted by molar-refractivity contribution is 5.80. The zero-order chi connectivity index (χ0) is 18.6. The van der Waals surface area contributed by atoms with Gasteiger partial charge < -0.3 is 10.2 Å². The first kappa shape index (κ1) is 18.9. The molecule has 1 saturated carbocycles. The number of rotatable bonds is 7. The number of fused-ring (bicyclic) bond motifs is 1. The van der Waals surface area contributed by atoms with E-state index in [1.165, 1.54) is 44.1 Å². The number of carbonyl (C=O) groups excluding carboxylic acids is 1.